The maximum atomic E-state index is 9.42. The molecule has 2 aromatic rings. The minimum atomic E-state index is 0.316. The number of aromatic hydroxyl groups is 1. The Labute approximate surface area is 100 Å². The molecule has 3 nitrogen and oxygen atoms in total. The van der Waals surface area contributed by atoms with E-state index in [1.165, 1.54) is 5.69 Å². The minimum Gasteiger partial charge on any atom is -0.508 e. The van der Waals surface area contributed by atoms with Gasteiger partial charge in [-0.3, -0.25) is 0 Å². The third-order valence-corrected chi connectivity index (χ3v) is 3.18. The first-order chi connectivity index (χ1) is 8.33. The summed E-state index contributed by atoms with van der Waals surface area (Å²) in [5, 5.41) is 11.7. The second-order valence-corrected chi connectivity index (χ2v) is 4.32. The Hall–Kier alpha value is -1.74. The van der Waals surface area contributed by atoms with Crippen molar-refractivity contribution >= 4 is 16.5 Å². The predicted octanol–water partition coefficient (Wildman–Crippen LogP) is 2.38. The van der Waals surface area contributed by atoms with Gasteiger partial charge < -0.3 is 14.7 Å². The van der Waals surface area contributed by atoms with E-state index in [0.29, 0.717) is 5.75 Å². The van der Waals surface area contributed by atoms with Crippen molar-refractivity contribution in [1.29, 1.82) is 0 Å². The van der Waals surface area contributed by atoms with Crippen molar-refractivity contribution in [3.05, 3.63) is 36.4 Å². The number of hydrogen-bond acceptors (Lipinski definition) is 3. The van der Waals surface area contributed by atoms with Crippen molar-refractivity contribution in [3.8, 4) is 5.75 Å². The van der Waals surface area contributed by atoms with E-state index in [1.54, 1.807) is 12.1 Å². The van der Waals surface area contributed by atoms with Gasteiger partial charge in [0, 0.05) is 18.8 Å². The lowest BCUT2D eigenvalue weighted by atomic mass is 10.1. The van der Waals surface area contributed by atoms with Gasteiger partial charge >= 0.3 is 0 Å². The molecule has 1 aliphatic rings. The van der Waals surface area contributed by atoms with E-state index < -0.39 is 0 Å². The van der Waals surface area contributed by atoms with Crippen LogP contribution in [0, 0.1) is 0 Å². The lowest BCUT2D eigenvalue weighted by Gasteiger charge is -2.29. The third kappa shape index (κ3) is 2.06. The van der Waals surface area contributed by atoms with E-state index in [2.05, 4.69) is 23.1 Å². The summed E-state index contributed by atoms with van der Waals surface area (Å²) in [6, 6.07) is 11.8. The van der Waals surface area contributed by atoms with Crippen LogP contribution in [0.1, 0.15) is 0 Å². The zero-order valence-corrected chi connectivity index (χ0v) is 9.60. The highest BCUT2D eigenvalue weighted by atomic mass is 16.5. The lowest BCUT2D eigenvalue weighted by Crippen LogP contribution is -2.36. The van der Waals surface area contributed by atoms with Gasteiger partial charge in [0.25, 0.3) is 0 Å². The van der Waals surface area contributed by atoms with Crippen LogP contribution in [-0.4, -0.2) is 31.4 Å². The molecular weight excluding hydrogens is 214 g/mol. The van der Waals surface area contributed by atoms with Crippen LogP contribution in [0.25, 0.3) is 10.8 Å². The SMILES string of the molecule is Oc1ccc2cc(N3CCOCC3)ccc2c1. The van der Waals surface area contributed by atoms with Crippen LogP contribution in [0.3, 0.4) is 0 Å². The molecule has 0 bridgehead atoms. The maximum Gasteiger partial charge on any atom is 0.116 e. The van der Waals surface area contributed by atoms with Crippen LogP contribution < -0.4 is 4.90 Å². The van der Waals surface area contributed by atoms with E-state index in [-0.39, 0.29) is 0 Å². The minimum absolute atomic E-state index is 0.316. The summed E-state index contributed by atoms with van der Waals surface area (Å²) < 4.78 is 5.35. The van der Waals surface area contributed by atoms with Crippen molar-refractivity contribution in [2.45, 2.75) is 0 Å². The Morgan fingerprint density at radius 2 is 1.65 bits per heavy atom. The van der Waals surface area contributed by atoms with Gasteiger partial charge in [-0.15, -0.1) is 0 Å². The van der Waals surface area contributed by atoms with Gasteiger partial charge in [-0.2, -0.15) is 0 Å². The number of nitrogens with zero attached hydrogens (tertiary/aromatic N) is 1. The quantitative estimate of drug-likeness (QED) is 0.815. The van der Waals surface area contributed by atoms with Gasteiger partial charge in [0.05, 0.1) is 13.2 Å². The highest BCUT2D eigenvalue weighted by Crippen LogP contribution is 2.25. The number of phenolic OH excluding ortho intramolecular Hbond substituents is 1. The van der Waals surface area contributed by atoms with Crippen LogP contribution in [0.4, 0.5) is 5.69 Å². The van der Waals surface area contributed by atoms with Gasteiger partial charge in [0.15, 0.2) is 0 Å². The molecule has 1 aliphatic heterocycles. The molecule has 1 N–H and O–H groups in total. The number of benzene rings is 2. The molecule has 1 fully saturated rings. The van der Waals surface area contributed by atoms with Crippen LogP contribution in [0.5, 0.6) is 5.75 Å². The number of rotatable bonds is 1. The molecule has 0 unspecified atom stereocenters. The Morgan fingerprint density at radius 1 is 0.941 bits per heavy atom. The van der Waals surface area contributed by atoms with Crippen molar-refractivity contribution in [3.63, 3.8) is 0 Å². The molecule has 0 spiro atoms. The van der Waals surface area contributed by atoms with Gasteiger partial charge in [-0.05, 0) is 35.0 Å². The summed E-state index contributed by atoms with van der Waals surface area (Å²) in [5.74, 6) is 0.316. The highest BCUT2D eigenvalue weighted by Gasteiger charge is 2.11. The molecular formula is C14H15NO2. The van der Waals surface area contributed by atoms with Crippen LogP contribution in [-0.2, 0) is 4.74 Å². The maximum absolute atomic E-state index is 9.42. The zero-order chi connectivity index (χ0) is 11.7. The van der Waals surface area contributed by atoms with Gasteiger partial charge in [-0.1, -0.05) is 12.1 Å². The fourth-order valence-electron chi connectivity index (χ4n) is 2.24. The van der Waals surface area contributed by atoms with E-state index in [1.807, 2.05) is 6.07 Å². The number of phenols is 1. The van der Waals surface area contributed by atoms with E-state index >= 15 is 0 Å². The normalized spacial score (nSPS) is 16.4. The van der Waals surface area contributed by atoms with Gasteiger partial charge in [-0.25, -0.2) is 0 Å². The Morgan fingerprint density at radius 3 is 2.47 bits per heavy atom. The molecule has 1 heterocycles. The Balaban J connectivity index is 1.98. The first-order valence-corrected chi connectivity index (χ1v) is 5.88. The second kappa shape index (κ2) is 4.26. The van der Waals surface area contributed by atoms with Crippen LogP contribution in [0.15, 0.2) is 36.4 Å². The molecule has 3 rings (SSSR count). The van der Waals surface area contributed by atoms with Crippen LogP contribution >= 0.6 is 0 Å². The number of ether oxygens (including phenoxy) is 1. The largest absolute Gasteiger partial charge is 0.508 e. The highest BCUT2D eigenvalue weighted by molar-refractivity contribution is 5.87. The fraction of sp³-hybridized carbons (Fsp3) is 0.286. The lowest BCUT2D eigenvalue weighted by molar-refractivity contribution is 0.122. The summed E-state index contributed by atoms with van der Waals surface area (Å²) in [7, 11) is 0. The summed E-state index contributed by atoms with van der Waals surface area (Å²) >= 11 is 0. The standard InChI is InChI=1S/C14H15NO2/c16-14-4-2-11-9-13(3-1-12(11)10-14)15-5-7-17-8-6-15/h1-4,9-10,16H,5-8H2. The van der Waals surface area contributed by atoms with Crippen molar-refractivity contribution < 1.29 is 9.84 Å². The zero-order valence-electron chi connectivity index (χ0n) is 9.60. The van der Waals surface area contributed by atoms with E-state index in [4.69, 9.17) is 4.74 Å². The second-order valence-electron chi connectivity index (χ2n) is 4.32. The summed E-state index contributed by atoms with van der Waals surface area (Å²) in [6.45, 7) is 3.49. The molecule has 17 heavy (non-hydrogen) atoms. The predicted molar refractivity (Wildman–Crippen MR) is 68.6 cm³/mol. The van der Waals surface area contributed by atoms with Gasteiger partial charge in [0.1, 0.15) is 5.75 Å². The number of morpholine rings is 1. The van der Waals surface area contributed by atoms with Crippen molar-refractivity contribution in [1.82, 2.24) is 0 Å². The first kappa shape index (κ1) is 10.4. The molecule has 2 aromatic carbocycles. The molecule has 0 atom stereocenters. The number of hydrogen-bond donors (Lipinski definition) is 1. The summed E-state index contributed by atoms with van der Waals surface area (Å²) in [4.78, 5) is 2.33. The molecule has 3 heteroatoms. The molecule has 0 aromatic heterocycles. The molecule has 1 saturated heterocycles. The Kier molecular flexibility index (Phi) is 2.61. The molecule has 88 valence electrons. The van der Waals surface area contributed by atoms with E-state index in [9.17, 15) is 5.11 Å². The molecule has 0 radical (unpaired) electrons. The van der Waals surface area contributed by atoms with Crippen LogP contribution in [0.2, 0.25) is 0 Å². The Bertz CT molecular complexity index is 533. The first-order valence-electron chi connectivity index (χ1n) is 5.88. The third-order valence-electron chi connectivity index (χ3n) is 3.18. The number of anilines is 1. The topological polar surface area (TPSA) is 32.7 Å². The van der Waals surface area contributed by atoms with Crippen molar-refractivity contribution in [2.75, 3.05) is 31.2 Å². The summed E-state index contributed by atoms with van der Waals surface area (Å²) in [6.07, 6.45) is 0. The average Bonchev–Trinajstić information content (AvgIpc) is 2.39. The smallest absolute Gasteiger partial charge is 0.116 e. The summed E-state index contributed by atoms with van der Waals surface area (Å²) in [5.41, 5.74) is 1.23. The van der Waals surface area contributed by atoms with Crippen molar-refractivity contribution in [2.24, 2.45) is 0 Å². The van der Waals surface area contributed by atoms with E-state index in [0.717, 1.165) is 37.1 Å². The average molecular weight is 229 g/mol. The molecule has 0 amide bonds. The monoisotopic (exact) mass is 229 g/mol. The number of fused-ring (bicyclic) bond motifs is 1. The van der Waals surface area contributed by atoms with Gasteiger partial charge in [0.2, 0.25) is 0 Å². The molecule has 0 saturated carbocycles. The fourth-order valence-corrected chi connectivity index (χ4v) is 2.24. The molecule has 0 aliphatic carbocycles.